The van der Waals surface area contributed by atoms with Crippen molar-refractivity contribution in [2.75, 3.05) is 6.61 Å². The van der Waals surface area contributed by atoms with Gasteiger partial charge < -0.3 is 14.2 Å². The zero-order valence-corrected chi connectivity index (χ0v) is 30.4. The minimum Gasteiger partial charge on any atom is -0.345 e. The number of rotatable bonds is 5. The first-order chi connectivity index (χ1) is 26.0. The molecule has 4 aromatic rings. The zero-order valence-electron chi connectivity index (χ0n) is 30.4. The van der Waals surface area contributed by atoms with E-state index in [1.165, 1.54) is 37.8 Å². The summed E-state index contributed by atoms with van der Waals surface area (Å²) in [6.45, 7) is 1.12. The molecule has 8 heteroatoms. The van der Waals surface area contributed by atoms with Gasteiger partial charge in [0, 0.05) is 24.0 Å². The third kappa shape index (κ3) is 7.61. The highest BCUT2D eigenvalue weighted by atomic mass is 19.1. The zero-order chi connectivity index (χ0) is 36.0. The molecule has 6 saturated heterocycles. The number of ether oxygens (including phenoxy) is 3. The van der Waals surface area contributed by atoms with Gasteiger partial charge in [-0.1, -0.05) is 135 Å². The van der Waals surface area contributed by atoms with Gasteiger partial charge >= 0.3 is 0 Å². The molecule has 7 atom stereocenters. The van der Waals surface area contributed by atoms with Gasteiger partial charge in [0.05, 0.1) is 13.2 Å². The highest BCUT2D eigenvalue weighted by Crippen LogP contribution is 2.56. The summed E-state index contributed by atoms with van der Waals surface area (Å²) in [5.74, 6) is -1.10. The maximum Gasteiger partial charge on any atom is 0.230 e. The van der Waals surface area contributed by atoms with E-state index in [0.29, 0.717) is 31.5 Å². The first-order valence-corrected chi connectivity index (χ1v) is 19.6. The van der Waals surface area contributed by atoms with E-state index in [4.69, 9.17) is 33.8 Å². The Labute approximate surface area is 312 Å². The number of benzene rings is 4. The minimum absolute atomic E-state index is 0.174. The molecule has 2 saturated carbocycles. The van der Waals surface area contributed by atoms with Gasteiger partial charge in [0.2, 0.25) is 11.6 Å². The first kappa shape index (κ1) is 36.5. The van der Waals surface area contributed by atoms with Crippen molar-refractivity contribution in [3.05, 3.63) is 144 Å². The van der Waals surface area contributed by atoms with Crippen LogP contribution < -0.4 is 0 Å². The highest BCUT2D eigenvalue weighted by Gasteiger charge is 2.62. The largest absolute Gasteiger partial charge is 0.345 e. The first-order valence-electron chi connectivity index (χ1n) is 19.6. The van der Waals surface area contributed by atoms with Crippen LogP contribution in [0.1, 0.15) is 93.7 Å². The molecule has 0 amide bonds. The molecule has 6 aliphatic heterocycles. The average molecular weight is 723 g/mol. The van der Waals surface area contributed by atoms with Crippen LogP contribution in [0.4, 0.5) is 4.39 Å². The summed E-state index contributed by atoms with van der Waals surface area (Å²) in [6, 6.07) is 38.5. The Hall–Kier alpha value is -3.47. The Morgan fingerprint density at radius 2 is 1.13 bits per heavy atom. The quantitative estimate of drug-likeness (QED) is 0.190. The Kier molecular flexibility index (Phi) is 11.1. The van der Waals surface area contributed by atoms with Gasteiger partial charge in [-0.3, -0.25) is 0 Å². The second kappa shape index (κ2) is 16.1. The lowest BCUT2D eigenvalue weighted by atomic mass is 9.73. The summed E-state index contributed by atoms with van der Waals surface area (Å²) in [6.07, 6.45) is 12.1. The van der Waals surface area contributed by atoms with E-state index >= 15 is 0 Å². The summed E-state index contributed by atoms with van der Waals surface area (Å²) in [5.41, 5.74) is 2.17. The molecule has 8 fully saturated rings. The molecular weight excluding hydrogens is 671 g/mol. The van der Waals surface area contributed by atoms with Crippen LogP contribution in [0.25, 0.3) is 0 Å². The second-order valence-corrected chi connectivity index (χ2v) is 15.4. The molecule has 53 heavy (non-hydrogen) atoms. The van der Waals surface area contributed by atoms with Gasteiger partial charge in [-0.25, -0.2) is 14.2 Å². The fourth-order valence-corrected chi connectivity index (χ4v) is 9.13. The summed E-state index contributed by atoms with van der Waals surface area (Å²) < 4.78 is 32.5. The molecule has 4 aromatic carbocycles. The molecule has 7 nitrogen and oxygen atoms in total. The maximum atomic E-state index is 13.5. The van der Waals surface area contributed by atoms with E-state index in [0.717, 1.165) is 61.6 Å². The predicted octanol–water partition coefficient (Wildman–Crippen LogP) is 10.4. The Morgan fingerprint density at radius 1 is 0.547 bits per heavy atom. The van der Waals surface area contributed by atoms with Crippen LogP contribution >= 0.6 is 0 Å². The summed E-state index contributed by atoms with van der Waals surface area (Å²) in [4.78, 5) is 23.8. The third-order valence-electron chi connectivity index (χ3n) is 12.2. The van der Waals surface area contributed by atoms with Crippen LogP contribution in [-0.2, 0) is 51.9 Å². The SMILES string of the molecule is Fc1ccc([C@]23CC[C@H]4CCCC[C@@]4(OO2)[C@@H](OCc2ccccc2)O3)cc1.c1ccc([C@@]23CC[C@H]4CCCC[C@]4(CO2)OO3)cc1.c1ccccc1. The Morgan fingerprint density at radius 3 is 1.83 bits per heavy atom. The summed E-state index contributed by atoms with van der Waals surface area (Å²) >= 11 is 0. The van der Waals surface area contributed by atoms with Crippen LogP contribution in [-0.4, -0.2) is 24.1 Å². The molecule has 2 aliphatic carbocycles. The van der Waals surface area contributed by atoms with Crippen molar-refractivity contribution in [3.63, 3.8) is 0 Å². The molecular formula is C45H51FO7. The van der Waals surface area contributed by atoms with E-state index in [1.807, 2.05) is 84.9 Å². The maximum absolute atomic E-state index is 13.5. The lowest BCUT2D eigenvalue weighted by Gasteiger charge is -2.50. The molecule has 0 unspecified atom stereocenters. The van der Waals surface area contributed by atoms with Crippen molar-refractivity contribution in [2.45, 2.75) is 113 Å². The van der Waals surface area contributed by atoms with Crippen LogP contribution in [0.2, 0.25) is 0 Å². The van der Waals surface area contributed by atoms with Crippen LogP contribution in [0.5, 0.6) is 0 Å². The highest BCUT2D eigenvalue weighted by molar-refractivity contribution is 5.24. The number of fused-ring (bicyclic) bond motifs is 6. The van der Waals surface area contributed by atoms with Gasteiger partial charge in [0.25, 0.3) is 0 Å². The van der Waals surface area contributed by atoms with Crippen molar-refractivity contribution < 1.29 is 38.2 Å². The molecule has 0 N–H and O–H groups in total. The monoisotopic (exact) mass is 722 g/mol. The van der Waals surface area contributed by atoms with E-state index < -0.39 is 23.5 Å². The topological polar surface area (TPSA) is 64.6 Å². The minimum atomic E-state index is -1.06. The summed E-state index contributed by atoms with van der Waals surface area (Å²) in [7, 11) is 0. The second-order valence-electron chi connectivity index (χ2n) is 15.4. The van der Waals surface area contributed by atoms with E-state index in [-0.39, 0.29) is 11.4 Å². The van der Waals surface area contributed by atoms with Crippen molar-refractivity contribution in [2.24, 2.45) is 11.8 Å². The van der Waals surface area contributed by atoms with Gasteiger partial charge in [-0.15, -0.1) is 0 Å². The van der Waals surface area contributed by atoms with Crippen molar-refractivity contribution >= 4 is 0 Å². The van der Waals surface area contributed by atoms with Crippen LogP contribution in [0.3, 0.4) is 0 Å². The van der Waals surface area contributed by atoms with Crippen molar-refractivity contribution in [3.8, 4) is 0 Å². The smallest absolute Gasteiger partial charge is 0.230 e. The molecule has 4 bridgehead atoms. The Balaban J connectivity index is 0.000000137. The van der Waals surface area contributed by atoms with E-state index in [1.54, 1.807) is 12.1 Å². The summed E-state index contributed by atoms with van der Waals surface area (Å²) in [5, 5.41) is 0. The van der Waals surface area contributed by atoms with Gasteiger partial charge in [-0.2, -0.15) is 9.78 Å². The van der Waals surface area contributed by atoms with Gasteiger partial charge in [-0.05, 0) is 68.1 Å². The van der Waals surface area contributed by atoms with Crippen LogP contribution in [0, 0.1) is 17.7 Å². The predicted molar refractivity (Wildman–Crippen MR) is 197 cm³/mol. The molecule has 280 valence electrons. The molecule has 2 spiro atoms. The van der Waals surface area contributed by atoms with E-state index in [2.05, 4.69) is 12.1 Å². The average Bonchev–Trinajstić information content (AvgIpc) is 3.66. The van der Waals surface area contributed by atoms with Gasteiger partial charge in [0.15, 0.2) is 11.9 Å². The number of hydrogen-bond acceptors (Lipinski definition) is 7. The van der Waals surface area contributed by atoms with Crippen molar-refractivity contribution in [1.82, 2.24) is 0 Å². The Bertz CT molecular complexity index is 1680. The molecule has 12 rings (SSSR count). The molecule has 0 radical (unpaired) electrons. The van der Waals surface area contributed by atoms with Gasteiger partial charge in [0.1, 0.15) is 11.4 Å². The fourth-order valence-electron chi connectivity index (χ4n) is 9.13. The lowest BCUT2D eigenvalue weighted by molar-refractivity contribution is -0.561. The van der Waals surface area contributed by atoms with Crippen LogP contribution in [0.15, 0.2) is 121 Å². The number of halogens is 1. The normalized spacial score (nSPS) is 34.1. The molecule has 8 aliphatic rings. The number of hydrogen-bond donors (Lipinski definition) is 0. The van der Waals surface area contributed by atoms with Crippen molar-refractivity contribution in [1.29, 1.82) is 0 Å². The standard InChI is InChI=1S/C23H25FO4.C16H20O3.C6H6/c24-20-11-9-19(10-12-20)23-15-13-18-8-4-5-14-22(18,27-28-23)21(26-23)25-16-17-6-2-1-3-7-17;1-2-7-14(8-3-1)16-11-9-13-6-4-5-10-15(13,12-17-16)18-19-16;1-2-4-6-5-3-1/h1-3,6-7,9-12,18,21H,4-5,8,13-16H2;1-3,7-8,13H,4-6,9-12H2;1-6H/t18-,21+,22+,23+;13-,15-,16+;/m11./s1. The van der Waals surface area contributed by atoms with E-state index in [9.17, 15) is 4.39 Å². The molecule has 6 heterocycles. The fraction of sp³-hybridized carbons (Fsp3) is 0.467. The third-order valence-corrected chi connectivity index (χ3v) is 12.2. The molecule has 0 aromatic heterocycles. The lowest BCUT2D eigenvalue weighted by Crippen LogP contribution is -2.59.